The van der Waals surface area contributed by atoms with E-state index in [-0.39, 0.29) is 11.4 Å². The third-order valence-corrected chi connectivity index (χ3v) is 8.81. The number of amides is 2. The third kappa shape index (κ3) is 9.70. The van der Waals surface area contributed by atoms with Gasteiger partial charge in [0.05, 0.1) is 12.2 Å². The van der Waals surface area contributed by atoms with Crippen molar-refractivity contribution >= 4 is 40.1 Å². The Hall–Kier alpha value is -2.23. The zero-order valence-electron chi connectivity index (χ0n) is 24.9. The molecule has 0 radical (unpaired) electrons. The average molecular weight is 591 g/mol. The maximum absolute atomic E-state index is 12.5. The zero-order valence-corrected chi connectivity index (χ0v) is 26.4. The topological polar surface area (TPSA) is 110 Å². The molecule has 0 saturated heterocycles. The zero-order chi connectivity index (χ0) is 29.1. The maximum Gasteiger partial charge on any atom is 0.319 e. The highest BCUT2D eigenvalue weighted by molar-refractivity contribution is 7.91. The second-order valence-electron chi connectivity index (χ2n) is 11.7. The van der Waals surface area contributed by atoms with E-state index in [1.165, 1.54) is 56.0 Å². The van der Waals surface area contributed by atoms with Gasteiger partial charge in [0.15, 0.2) is 11.5 Å². The van der Waals surface area contributed by atoms with Crippen molar-refractivity contribution in [3.8, 4) is 11.4 Å². The van der Waals surface area contributed by atoms with E-state index in [2.05, 4.69) is 53.5 Å². The average Bonchev–Trinajstić information content (AvgIpc) is 3.46. The first-order valence-electron chi connectivity index (χ1n) is 14.8. The van der Waals surface area contributed by atoms with E-state index in [0.717, 1.165) is 29.7 Å². The number of halogens is 1. The number of urea groups is 1. The van der Waals surface area contributed by atoms with Crippen LogP contribution in [0.4, 0.5) is 10.5 Å². The molecular weight excluding hydrogens is 544 g/mol. The van der Waals surface area contributed by atoms with Gasteiger partial charge in [0.1, 0.15) is 16.5 Å². The number of rotatable bonds is 16. The van der Waals surface area contributed by atoms with E-state index in [4.69, 9.17) is 11.6 Å². The Morgan fingerprint density at radius 1 is 1.02 bits per heavy atom. The van der Waals surface area contributed by atoms with Crippen LogP contribution in [-0.2, 0) is 16.6 Å². The number of fused-ring (bicyclic) bond motifs is 1. The van der Waals surface area contributed by atoms with Gasteiger partial charge in [-0.25, -0.2) is 4.79 Å². The van der Waals surface area contributed by atoms with Gasteiger partial charge >= 0.3 is 6.03 Å². The monoisotopic (exact) mass is 590 g/mol. The quantitative estimate of drug-likeness (QED) is 0.117. The van der Waals surface area contributed by atoms with Crippen LogP contribution < -0.4 is 10.6 Å². The minimum Gasteiger partial charge on any atom is -0.616 e. The minimum atomic E-state index is -0.916. The van der Waals surface area contributed by atoms with Gasteiger partial charge in [0.25, 0.3) is 0 Å². The van der Waals surface area contributed by atoms with Gasteiger partial charge in [-0.2, -0.15) is 5.10 Å². The minimum absolute atomic E-state index is 0.195. The van der Waals surface area contributed by atoms with Crippen LogP contribution in [-0.4, -0.2) is 48.4 Å². The van der Waals surface area contributed by atoms with Crippen LogP contribution in [0.25, 0.3) is 17.0 Å². The van der Waals surface area contributed by atoms with E-state index in [9.17, 15) is 9.35 Å². The second kappa shape index (κ2) is 15.7. The number of aromatic nitrogens is 4. The van der Waals surface area contributed by atoms with Crippen molar-refractivity contribution in [2.24, 2.45) is 0 Å². The Labute approximate surface area is 247 Å². The fourth-order valence-corrected chi connectivity index (χ4v) is 6.11. The number of carbonyl (C=O) groups is 1. The molecule has 40 heavy (non-hydrogen) atoms. The summed E-state index contributed by atoms with van der Waals surface area (Å²) in [6, 6.07) is 5.42. The summed E-state index contributed by atoms with van der Waals surface area (Å²) in [7, 11) is 0. The molecule has 0 bridgehead atoms. The van der Waals surface area contributed by atoms with Gasteiger partial charge < -0.3 is 20.2 Å². The molecule has 2 aromatic heterocycles. The summed E-state index contributed by atoms with van der Waals surface area (Å²) in [5, 5.41) is 15.4. The van der Waals surface area contributed by atoms with Crippen molar-refractivity contribution in [3.63, 3.8) is 0 Å². The number of nitrogens with one attached hydrogen (secondary N) is 3. The highest BCUT2D eigenvalue weighted by atomic mass is 35.5. The van der Waals surface area contributed by atoms with Crippen LogP contribution in [0.3, 0.4) is 0 Å². The number of aromatic amines is 1. The van der Waals surface area contributed by atoms with Crippen LogP contribution in [0.1, 0.15) is 103 Å². The number of anilines is 1. The Morgan fingerprint density at radius 3 is 2.30 bits per heavy atom. The normalized spacial score (nSPS) is 12.7. The summed E-state index contributed by atoms with van der Waals surface area (Å²) < 4.78 is 13.9. The van der Waals surface area contributed by atoms with Gasteiger partial charge in [0, 0.05) is 16.7 Å². The maximum atomic E-state index is 12.5. The number of benzene rings is 1. The smallest absolute Gasteiger partial charge is 0.319 e. The van der Waals surface area contributed by atoms with Gasteiger partial charge in [0.2, 0.25) is 0 Å². The fraction of sp³-hybridized carbons (Fsp3) is 0.633. The number of hydrogen-bond acceptors (Lipinski definition) is 4. The molecular formula is C30H47ClN6O2S. The van der Waals surface area contributed by atoms with Crippen LogP contribution in [0.2, 0.25) is 5.02 Å². The lowest BCUT2D eigenvalue weighted by Crippen LogP contribution is -2.33. The molecule has 0 spiro atoms. The number of carbonyl (C=O) groups excluding carboxylic acids is 1. The lowest BCUT2D eigenvalue weighted by molar-refractivity contribution is 0.252. The van der Waals surface area contributed by atoms with E-state index in [1.807, 2.05) is 25.1 Å². The van der Waals surface area contributed by atoms with Crippen molar-refractivity contribution < 1.29 is 9.35 Å². The Kier molecular flexibility index (Phi) is 12.7. The summed E-state index contributed by atoms with van der Waals surface area (Å²) >= 11 is 5.65. The molecule has 3 N–H and O–H groups in total. The molecule has 2 amide bonds. The number of aryl methyl sites for hydroxylation is 1. The highest BCUT2D eigenvalue weighted by Crippen LogP contribution is 2.32. The summed E-state index contributed by atoms with van der Waals surface area (Å²) in [4.78, 5) is 15.8. The third-order valence-electron chi connectivity index (χ3n) is 7.05. The van der Waals surface area contributed by atoms with Gasteiger partial charge in [-0.3, -0.25) is 0 Å². The molecule has 3 aromatic rings. The van der Waals surface area contributed by atoms with Crippen molar-refractivity contribution in [1.29, 1.82) is 0 Å². The van der Waals surface area contributed by atoms with Crippen LogP contribution in [0, 0.1) is 6.92 Å². The van der Waals surface area contributed by atoms with Crippen LogP contribution in [0.15, 0.2) is 18.2 Å². The fourth-order valence-electron chi connectivity index (χ4n) is 4.61. The molecule has 3 rings (SSSR count). The molecule has 1 atom stereocenters. The first kappa shape index (κ1) is 32.3. The van der Waals surface area contributed by atoms with E-state index in [1.54, 1.807) is 0 Å². The predicted octanol–water partition coefficient (Wildman–Crippen LogP) is 7.77. The number of unbranched alkanes of at least 4 members (excludes halogenated alkanes) is 9. The lowest BCUT2D eigenvalue weighted by atomic mass is 9.92. The predicted molar refractivity (Wildman–Crippen MR) is 168 cm³/mol. The molecule has 0 aliphatic carbocycles. The van der Waals surface area contributed by atoms with E-state index >= 15 is 0 Å². The highest BCUT2D eigenvalue weighted by Gasteiger charge is 2.25. The van der Waals surface area contributed by atoms with Crippen LogP contribution >= 0.6 is 11.6 Å². The van der Waals surface area contributed by atoms with Crippen LogP contribution in [0.5, 0.6) is 0 Å². The first-order chi connectivity index (χ1) is 19.1. The summed E-state index contributed by atoms with van der Waals surface area (Å²) in [6.45, 7) is 10.7. The SMILES string of the molecule is CCCCCCCCCCCC[S+]([O-])CCNC(=O)Nc1cc(-c2nn3nc(C(C)(C)C)c(Cl)c3[nH]2)ccc1C. The molecule has 1 unspecified atom stereocenters. The Bertz CT molecular complexity index is 1220. The summed E-state index contributed by atoms with van der Waals surface area (Å²) in [5.74, 6) is 1.78. The first-order valence-corrected chi connectivity index (χ1v) is 16.6. The molecule has 0 aliphatic rings. The molecule has 10 heteroatoms. The number of nitrogens with zero attached hydrogens (tertiary/aromatic N) is 3. The molecule has 0 aliphatic heterocycles. The molecule has 8 nitrogen and oxygen atoms in total. The Morgan fingerprint density at radius 2 is 1.68 bits per heavy atom. The van der Waals surface area contributed by atoms with Crippen molar-refractivity contribution in [2.75, 3.05) is 23.4 Å². The molecule has 222 valence electrons. The molecule has 0 fully saturated rings. The van der Waals surface area contributed by atoms with Gasteiger partial charge in [-0.05, 0) is 31.4 Å². The van der Waals surface area contributed by atoms with Gasteiger partial charge in [-0.15, -0.1) is 9.73 Å². The number of H-pyrrole nitrogens is 1. The summed E-state index contributed by atoms with van der Waals surface area (Å²) in [6.07, 6.45) is 12.6. The molecule has 1 aromatic carbocycles. The lowest BCUT2D eigenvalue weighted by Gasteiger charge is -2.14. The van der Waals surface area contributed by atoms with Crippen molar-refractivity contribution in [3.05, 3.63) is 34.5 Å². The standard InChI is InChI=1S/C30H47ClN6O2S/c1-6-7-8-9-10-11-12-13-14-15-19-40(39)20-18-32-29(38)33-24-21-23(17-16-22(24)2)27-34-28-25(31)26(30(3,4)5)35-37(28)36-27/h16-17,21H,6-15,18-20H2,1-5H3,(H,34,36)(H2,32,33,38). The van der Waals surface area contributed by atoms with E-state index < -0.39 is 11.2 Å². The largest absolute Gasteiger partial charge is 0.616 e. The number of hydrogen-bond donors (Lipinski definition) is 3. The van der Waals surface area contributed by atoms with E-state index in [0.29, 0.717) is 40.2 Å². The Balaban J connectivity index is 1.40. The second-order valence-corrected chi connectivity index (χ2v) is 13.7. The molecule has 2 heterocycles. The summed E-state index contributed by atoms with van der Waals surface area (Å²) in [5.41, 5.74) is 3.63. The van der Waals surface area contributed by atoms with Crippen molar-refractivity contribution in [2.45, 2.75) is 104 Å². The molecule has 0 saturated carbocycles. The van der Waals surface area contributed by atoms with Crippen molar-refractivity contribution in [1.82, 2.24) is 25.1 Å². The van der Waals surface area contributed by atoms with Gasteiger partial charge in [-0.1, -0.05) is 114 Å².